The predicted molar refractivity (Wildman–Crippen MR) is 151 cm³/mol. The lowest BCUT2D eigenvalue weighted by Gasteiger charge is -2.20. The first-order chi connectivity index (χ1) is 19.0. The van der Waals surface area contributed by atoms with E-state index in [-0.39, 0.29) is 43.1 Å². The van der Waals surface area contributed by atoms with Gasteiger partial charge in [-0.2, -0.15) is 0 Å². The Labute approximate surface area is 229 Å². The van der Waals surface area contributed by atoms with Crippen LogP contribution in [-0.2, 0) is 16.1 Å². The van der Waals surface area contributed by atoms with Gasteiger partial charge in [-0.1, -0.05) is 72.8 Å². The quantitative estimate of drug-likeness (QED) is 0.243. The van der Waals surface area contributed by atoms with Crippen LogP contribution < -0.4 is 10.1 Å². The van der Waals surface area contributed by atoms with E-state index in [1.54, 1.807) is 17.7 Å². The zero-order chi connectivity index (χ0) is 27.6. The summed E-state index contributed by atoms with van der Waals surface area (Å²) in [5, 5.41) is 13.9. The number of amides is 1. The van der Waals surface area contributed by atoms with Crippen LogP contribution in [0.15, 0.2) is 91.0 Å². The molecule has 0 atom stereocenters. The van der Waals surface area contributed by atoms with Crippen LogP contribution in [0.1, 0.15) is 40.4 Å². The summed E-state index contributed by atoms with van der Waals surface area (Å²) in [6, 6.07) is 29.4. The number of aromatic hydroxyl groups is 1. The van der Waals surface area contributed by atoms with Crippen molar-refractivity contribution >= 4 is 11.7 Å². The summed E-state index contributed by atoms with van der Waals surface area (Å²) >= 11 is 0. The number of benzene rings is 3. The molecule has 1 heterocycles. The van der Waals surface area contributed by atoms with E-state index in [9.17, 15) is 14.7 Å². The van der Waals surface area contributed by atoms with Crippen LogP contribution in [0.25, 0.3) is 11.1 Å². The fraction of sp³-hybridized carbons (Fsp3) is 0.250. The highest BCUT2D eigenvalue weighted by molar-refractivity contribution is 6.00. The first kappa shape index (κ1) is 27.7. The zero-order valence-corrected chi connectivity index (χ0v) is 22.3. The average Bonchev–Trinajstić information content (AvgIpc) is 3.30. The molecule has 0 unspecified atom stereocenters. The Kier molecular flexibility index (Phi) is 9.53. The van der Waals surface area contributed by atoms with Crippen molar-refractivity contribution in [2.75, 3.05) is 27.4 Å². The molecule has 7 heteroatoms. The Morgan fingerprint density at radius 3 is 2.08 bits per heavy atom. The number of aromatic nitrogens is 1. The Morgan fingerprint density at radius 1 is 0.897 bits per heavy atom. The van der Waals surface area contributed by atoms with E-state index in [1.165, 1.54) is 7.11 Å². The summed E-state index contributed by atoms with van der Waals surface area (Å²) in [6.07, 6.45) is 0.819. The van der Waals surface area contributed by atoms with Gasteiger partial charge in [-0.05, 0) is 35.2 Å². The van der Waals surface area contributed by atoms with Crippen molar-refractivity contribution in [3.05, 3.63) is 108 Å². The lowest BCUT2D eigenvalue weighted by Crippen LogP contribution is -2.29. The highest BCUT2D eigenvalue weighted by Crippen LogP contribution is 2.35. The second-order valence-corrected chi connectivity index (χ2v) is 9.29. The summed E-state index contributed by atoms with van der Waals surface area (Å²) in [4.78, 5) is 25.4. The lowest BCUT2D eigenvalue weighted by molar-refractivity contribution is -0.122. The Bertz CT molecular complexity index is 1330. The third-order valence-electron chi connectivity index (χ3n) is 6.73. The van der Waals surface area contributed by atoms with Crippen molar-refractivity contribution < 1.29 is 24.2 Å². The predicted octanol–water partition coefficient (Wildman–Crippen LogP) is 5.43. The fourth-order valence-electron chi connectivity index (χ4n) is 4.78. The third kappa shape index (κ3) is 6.94. The summed E-state index contributed by atoms with van der Waals surface area (Å²) in [6.45, 7) is 0.581. The van der Waals surface area contributed by atoms with Gasteiger partial charge in [-0.3, -0.25) is 9.59 Å². The van der Waals surface area contributed by atoms with Crippen LogP contribution in [0.3, 0.4) is 0 Å². The Balaban J connectivity index is 1.66. The van der Waals surface area contributed by atoms with Crippen molar-refractivity contribution in [3.8, 4) is 22.8 Å². The molecule has 3 aromatic carbocycles. The van der Waals surface area contributed by atoms with Gasteiger partial charge in [0.15, 0.2) is 11.7 Å². The molecule has 0 aliphatic carbocycles. The maximum Gasteiger partial charge on any atom is 0.268 e. The first-order valence-corrected chi connectivity index (χ1v) is 13.0. The molecule has 7 nitrogen and oxygen atoms in total. The molecule has 202 valence electrons. The van der Waals surface area contributed by atoms with Crippen molar-refractivity contribution in [1.29, 1.82) is 0 Å². The van der Waals surface area contributed by atoms with Gasteiger partial charge in [0.25, 0.3) is 5.91 Å². The largest absolute Gasteiger partial charge is 0.497 e. The van der Waals surface area contributed by atoms with Gasteiger partial charge in [0.05, 0.1) is 7.11 Å². The molecule has 0 radical (unpaired) electrons. The molecule has 0 saturated carbocycles. The third-order valence-corrected chi connectivity index (χ3v) is 6.73. The number of Topliss-reactive ketones (excluding diaryl/α,β-unsaturated/α-hetero) is 1. The van der Waals surface area contributed by atoms with Crippen LogP contribution >= 0.6 is 0 Å². The minimum absolute atomic E-state index is 0.00120. The number of carbonyl (C=O) groups excluding carboxylic acids is 2. The van der Waals surface area contributed by atoms with E-state index in [4.69, 9.17) is 9.47 Å². The van der Waals surface area contributed by atoms with Gasteiger partial charge < -0.3 is 24.5 Å². The molecule has 1 amide bonds. The van der Waals surface area contributed by atoms with Crippen LogP contribution in [0.4, 0.5) is 0 Å². The summed E-state index contributed by atoms with van der Waals surface area (Å²) < 4.78 is 11.8. The lowest BCUT2D eigenvalue weighted by atomic mass is 9.88. The molecule has 0 saturated heterocycles. The monoisotopic (exact) mass is 526 g/mol. The number of hydrogen-bond acceptors (Lipinski definition) is 5. The van der Waals surface area contributed by atoms with Crippen molar-refractivity contribution in [3.63, 3.8) is 0 Å². The molecule has 4 rings (SSSR count). The zero-order valence-electron chi connectivity index (χ0n) is 22.3. The standard InChI is InChI=1S/C32H34N2O5/c1-38-22-26(35)17-19-33-32(37)31-29(25-13-15-27(39-2)16-14-25)21-30(36)34(31)20-18-28(23-9-5-3-6-10-23)24-11-7-4-8-12-24/h3-16,21,28,36H,17-20,22H2,1-2H3,(H,33,37). The second kappa shape index (κ2) is 13.4. The number of nitrogens with one attached hydrogen (secondary N) is 1. The SMILES string of the molecule is COCC(=O)CCNC(=O)c1c(-c2ccc(OC)cc2)cc(O)n1CCC(c1ccccc1)c1ccccc1. The maximum absolute atomic E-state index is 13.5. The number of rotatable bonds is 13. The molecule has 0 aliphatic heterocycles. The average molecular weight is 527 g/mol. The topological polar surface area (TPSA) is 89.8 Å². The van der Waals surface area contributed by atoms with E-state index in [2.05, 4.69) is 29.6 Å². The normalized spacial score (nSPS) is 10.9. The van der Waals surface area contributed by atoms with Crippen LogP contribution in [0, 0.1) is 0 Å². The van der Waals surface area contributed by atoms with Crippen LogP contribution in [0.2, 0.25) is 0 Å². The highest BCUT2D eigenvalue weighted by Gasteiger charge is 2.24. The summed E-state index contributed by atoms with van der Waals surface area (Å²) in [7, 11) is 3.06. The first-order valence-electron chi connectivity index (χ1n) is 13.0. The number of ether oxygens (including phenoxy) is 2. The Hall–Kier alpha value is -4.36. The molecule has 0 aliphatic rings. The molecular formula is C32H34N2O5. The van der Waals surface area contributed by atoms with Gasteiger partial charge in [0, 0.05) is 44.2 Å². The van der Waals surface area contributed by atoms with Gasteiger partial charge in [-0.25, -0.2) is 0 Å². The minimum Gasteiger partial charge on any atom is -0.497 e. The van der Waals surface area contributed by atoms with Crippen molar-refractivity contribution in [2.24, 2.45) is 0 Å². The van der Waals surface area contributed by atoms with E-state index >= 15 is 0 Å². The number of hydrogen-bond donors (Lipinski definition) is 2. The van der Waals surface area contributed by atoms with Crippen molar-refractivity contribution in [2.45, 2.75) is 25.3 Å². The maximum atomic E-state index is 13.5. The summed E-state index contributed by atoms with van der Waals surface area (Å²) in [5.74, 6) is 0.309. The van der Waals surface area contributed by atoms with Gasteiger partial charge in [0.1, 0.15) is 18.1 Å². The molecule has 0 fully saturated rings. The summed E-state index contributed by atoms with van der Waals surface area (Å²) in [5.41, 5.74) is 4.04. The number of nitrogens with zero attached hydrogens (tertiary/aromatic N) is 1. The molecule has 0 bridgehead atoms. The van der Waals surface area contributed by atoms with Gasteiger partial charge in [0.2, 0.25) is 0 Å². The van der Waals surface area contributed by atoms with E-state index in [1.807, 2.05) is 60.7 Å². The van der Waals surface area contributed by atoms with Crippen LogP contribution in [0.5, 0.6) is 11.6 Å². The molecule has 39 heavy (non-hydrogen) atoms. The van der Waals surface area contributed by atoms with E-state index in [0.717, 1.165) is 16.7 Å². The second-order valence-electron chi connectivity index (χ2n) is 9.29. The van der Waals surface area contributed by atoms with Gasteiger partial charge >= 0.3 is 0 Å². The van der Waals surface area contributed by atoms with Crippen LogP contribution in [-0.4, -0.2) is 48.7 Å². The fourth-order valence-corrected chi connectivity index (χ4v) is 4.78. The highest BCUT2D eigenvalue weighted by atomic mass is 16.5. The number of carbonyl (C=O) groups is 2. The van der Waals surface area contributed by atoms with Crippen molar-refractivity contribution in [1.82, 2.24) is 9.88 Å². The molecular weight excluding hydrogens is 492 g/mol. The van der Waals surface area contributed by atoms with E-state index < -0.39 is 0 Å². The van der Waals surface area contributed by atoms with Gasteiger partial charge in [-0.15, -0.1) is 0 Å². The number of ketones is 1. The smallest absolute Gasteiger partial charge is 0.268 e. The molecule has 0 spiro atoms. The number of methoxy groups -OCH3 is 2. The Morgan fingerprint density at radius 2 is 1.51 bits per heavy atom. The van der Waals surface area contributed by atoms with E-state index in [0.29, 0.717) is 30.0 Å². The molecule has 4 aromatic rings. The molecule has 2 N–H and O–H groups in total. The minimum atomic E-state index is -0.359. The molecule has 1 aromatic heterocycles.